The molecule has 0 spiro atoms. The van der Waals surface area contributed by atoms with Crippen LogP contribution in [-0.4, -0.2) is 37.9 Å². The van der Waals surface area contributed by atoms with Gasteiger partial charge in [-0.1, -0.05) is 0 Å². The number of likely N-dealkylation sites (tertiary alicyclic amines) is 1. The quantitative estimate of drug-likeness (QED) is 0.759. The zero-order valence-corrected chi connectivity index (χ0v) is 14.7. The molecule has 0 aromatic carbocycles. The van der Waals surface area contributed by atoms with Gasteiger partial charge < -0.3 is 5.32 Å². The average molecular weight is 352 g/mol. The Balaban J connectivity index is 1.37. The van der Waals surface area contributed by atoms with Crippen molar-refractivity contribution in [3.8, 4) is 0 Å². The van der Waals surface area contributed by atoms with Crippen LogP contribution in [0.15, 0.2) is 47.7 Å². The number of thiazole rings is 1. The van der Waals surface area contributed by atoms with Crippen LogP contribution in [0.2, 0.25) is 0 Å². The van der Waals surface area contributed by atoms with Crippen LogP contribution in [0, 0.1) is 0 Å². The summed E-state index contributed by atoms with van der Waals surface area (Å²) in [6.07, 6.45) is 7.63. The normalized spacial score (nSPS) is 16.0. The molecule has 0 amide bonds. The minimum Gasteiger partial charge on any atom is -0.309 e. The largest absolute Gasteiger partial charge is 0.309 e. The maximum Gasteiger partial charge on any atom is 0.228 e. The summed E-state index contributed by atoms with van der Waals surface area (Å²) in [5.74, 6) is 1.95. The molecule has 0 radical (unpaired) electrons. The van der Waals surface area contributed by atoms with E-state index in [1.807, 2.05) is 11.7 Å². The maximum absolute atomic E-state index is 4.39. The first-order chi connectivity index (χ1) is 12.4. The molecule has 3 aromatic rings. The van der Waals surface area contributed by atoms with Gasteiger partial charge in [0.15, 0.2) is 0 Å². The van der Waals surface area contributed by atoms with Crippen LogP contribution in [-0.2, 0) is 6.54 Å². The van der Waals surface area contributed by atoms with E-state index in [1.54, 1.807) is 29.8 Å². The number of hydrogen-bond acceptors (Lipinski definition) is 7. The van der Waals surface area contributed by atoms with Crippen LogP contribution >= 0.6 is 11.3 Å². The Morgan fingerprint density at radius 3 is 2.68 bits per heavy atom. The van der Waals surface area contributed by atoms with E-state index in [0.717, 1.165) is 38.3 Å². The summed E-state index contributed by atoms with van der Waals surface area (Å²) >= 11 is 1.67. The molecule has 4 heterocycles. The zero-order chi connectivity index (χ0) is 16.9. The summed E-state index contributed by atoms with van der Waals surface area (Å²) in [6, 6.07) is 6.04. The molecule has 25 heavy (non-hydrogen) atoms. The predicted molar refractivity (Wildman–Crippen MR) is 98.9 cm³/mol. The maximum atomic E-state index is 4.39. The minimum atomic E-state index is 0.574. The molecule has 1 saturated heterocycles. The summed E-state index contributed by atoms with van der Waals surface area (Å²) < 4.78 is 0. The van der Waals surface area contributed by atoms with Crippen molar-refractivity contribution in [2.45, 2.75) is 25.3 Å². The van der Waals surface area contributed by atoms with Crippen LogP contribution in [0.3, 0.4) is 0 Å². The molecular formula is C18H20N6S. The lowest BCUT2D eigenvalue weighted by molar-refractivity contribution is 0.203. The Kier molecular flexibility index (Phi) is 4.94. The highest BCUT2D eigenvalue weighted by atomic mass is 32.1. The number of piperidine rings is 1. The monoisotopic (exact) mass is 352 g/mol. The summed E-state index contributed by atoms with van der Waals surface area (Å²) in [4.78, 5) is 19.6. The Morgan fingerprint density at radius 1 is 1.08 bits per heavy atom. The van der Waals surface area contributed by atoms with Gasteiger partial charge in [0.2, 0.25) is 5.95 Å². The van der Waals surface area contributed by atoms with Gasteiger partial charge in [0, 0.05) is 30.5 Å². The van der Waals surface area contributed by atoms with Crippen LogP contribution in [0.4, 0.5) is 11.8 Å². The van der Waals surface area contributed by atoms with E-state index in [9.17, 15) is 0 Å². The van der Waals surface area contributed by atoms with Crippen molar-refractivity contribution < 1.29 is 0 Å². The topological polar surface area (TPSA) is 66.8 Å². The number of nitrogens with one attached hydrogen (secondary N) is 1. The summed E-state index contributed by atoms with van der Waals surface area (Å²) in [5.41, 5.74) is 4.42. The Labute approximate surface area is 151 Å². The smallest absolute Gasteiger partial charge is 0.228 e. The van der Waals surface area contributed by atoms with Gasteiger partial charge in [-0.2, -0.15) is 0 Å². The highest BCUT2D eigenvalue weighted by Crippen LogP contribution is 2.29. The summed E-state index contributed by atoms with van der Waals surface area (Å²) in [7, 11) is 0. The van der Waals surface area contributed by atoms with Crippen molar-refractivity contribution in [3.63, 3.8) is 0 Å². The molecule has 1 N–H and O–H groups in total. The first-order valence-corrected chi connectivity index (χ1v) is 9.40. The number of rotatable bonds is 5. The van der Waals surface area contributed by atoms with E-state index < -0.39 is 0 Å². The van der Waals surface area contributed by atoms with Gasteiger partial charge in [0.25, 0.3) is 0 Å². The lowest BCUT2D eigenvalue weighted by Gasteiger charge is -2.31. The molecule has 0 bridgehead atoms. The fraction of sp³-hybridized carbons (Fsp3) is 0.333. The minimum absolute atomic E-state index is 0.574. The van der Waals surface area contributed by atoms with Crippen molar-refractivity contribution in [1.29, 1.82) is 0 Å². The number of pyridine rings is 1. The van der Waals surface area contributed by atoms with Crippen molar-refractivity contribution in [3.05, 3.63) is 58.9 Å². The highest BCUT2D eigenvalue weighted by molar-refractivity contribution is 7.07. The summed E-state index contributed by atoms with van der Waals surface area (Å²) in [5, 5.41) is 5.31. The van der Waals surface area contributed by atoms with Crippen molar-refractivity contribution >= 4 is 23.1 Å². The van der Waals surface area contributed by atoms with E-state index in [2.05, 4.69) is 47.7 Å². The van der Waals surface area contributed by atoms with Gasteiger partial charge in [0.1, 0.15) is 5.82 Å². The second-order valence-corrected chi connectivity index (χ2v) is 6.92. The molecule has 4 rings (SSSR count). The van der Waals surface area contributed by atoms with Crippen molar-refractivity contribution in [1.82, 2.24) is 24.8 Å². The SMILES string of the molecule is c1cnc(Nc2cc(C3CCN(Cc4cscn4)CC3)ccn2)nc1. The predicted octanol–water partition coefficient (Wildman–Crippen LogP) is 3.45. The number of aromatic nitrogens is 4. The fourth-order valence-electron chi connectivity index (χ4n) is 3.22. The Hall–Kier alpha value is -2.38. The number of anilines is 2. The second-order valence-electron chi connectivity index (χ2n) is 6.20. The molecule has 128 valence electrons. The Bertz CT molecular complexity index is 784. The molecule has 7 heteroatoms. The first kappa shape index (κ1) is 16.1. The number of nitrogens with zero attached hydrogens (tertiary/aromatic N) is 5. The second kappa shape index (κ2) is 7.67. The van der Waals surface area contributed by atoms with Gasteiger partial charge >= 0.3 is 0 Å². The lowest BCUT2D eigenvalue weighted by atomic mass is 9.90. The van der Waals surface area contributed by atoms with E-state index in [0.29, 0.717) is 11.9 Å². The first-order valence-electron chi connectivity index (χ1n) is 8.46. The standard InChI is InChI=1S/C18H20N6S/c1-5-20-18(21-6-1)23-17-10-15(2-7-19-17)14-3-8-24(9-4-14)11-16-12-25-13-22-16/h1-2,5-7,10,12-14H,3-4,8-9,11H2,(H,19,20,21,23). The number of hydrogen-bond donors (Lipinski definition) is 1. The van der Waals surface area contributed by atoms with Crippen LogP contribution in [0.25, 0.3) is 0 Å². The van der Waals surface area contributed by atoms with Gasteiger partial charge in [-0.3, -0.25) is 4.90 Å². The third-order valence-electron chi connectivity index (χ3n) is 4.52. The molecule has 1 aliphatic rings. The molecule has 1 aliphatic heterocycles. The molecule has 3 aromatic heterocycles. The average Bonchev–Trinajstić information content (AvgIpc) is 3.16. The van der Waals surface area contributed by atoms with Gasteiger partial charge in [-0.05, 0) is 55.6 Å². The molecule has 0 aliphatic carbocycles. The lowest BCUT2D eigenvalue weighted by Crippen LogP contribution is -2.32. The van der Waals surface area contributed by atoms with Gasteiger partial charge in [0.05, 0.1) is 11.2 Å². The van der Waals surface area contributed by atoms with Crippen LogP contribution in [0.5, 0.6) is 0 Å². The fourth-order valence-corrected chi connectivity index (χ4v) is 3.77. The molecule has 0 saturated carbocycles. The van der Waals surface area contributed by atoms with Gasteiger partial charge in [-0.15, -0.1) is 11.3 Å². The van der Waals surface area contributed by atoms with Crippen LogP contribution < -0.4 is 5.32 Å². The van der Waals surface area contributed by atoms with E-state index in [1.165, 1.54) is 11.3 Å². The molecule has 0 atom stereocenters. The van der Waals surface area contributed by atoms with Crippen LogP contribution in [0.1, 0.15) is 30.0 Å². The molecule has 1 fully saturated rings. The van der Waals surface area contributed by atoms with E-state index in [-0.39, 0.29) is 0 Å². The third kappa shape index (κ3) is 4.18. The van der Waals surface area contributed by atoms with E-state index in [4.69, 9.17) is 0 Å². The molecule has 0 unspecified atom stereocenters. The van der Waals surface area contributed by atoms with Crippen molar-refractivity contribution in [2.75, 3.05) is 18.4 Å². The Morgan fingerprint density at radius 2 is 1.92 bits per heavy atom. The molecule has 6 nitrogen and oxygen atoms in total. The van der Waals surface area contributed by atoms with Gasteiger partial charge in [-0.25, -0.2) is 19.9 Å². The zero-order valence-electron chi connectivity index (χ0n) is 13.9. The van der Waals surface area contributed by atoms with E-state index >= 15 is 0 Å². The highest BCUT2D eigenvalue weighted by Gasteiger charge is 2.21. The summed E-state index contributed by atoms with van der Waals surface area (Å²) in [6.45, 7) is 3.18. The molecular weight excluding hydrogens is 332 g/mol. The van der Waals surface area contributed by atoms with Crippen molar-refractivity contribution in [2.24, 2.45) is 0 Å². The third-order valence-corrected chi connectivity index (χ3v) is 5.15.